The van der Waals surface area contributed by atoms with Gasteiger partial charge in [-0.2, -0.15) is 0 Å². The Bertz CT molecular complexity index is 876. The lowest BCUT2D eigenvalue weighted by Gasteiger charge is -2.37. The van der Waals surface area contributed by atoms with Gasteiger partial charge in [-0.25, -0.2) is 9.78 Å². The summed E-state index contributed by atoms with van der Waals surface area (Å²) in [6, 6.07) is 12.6. The van der Waals surface area contributed by atoms with Crippen LogP contribution in [0.2, 0.25) is 5.02 Å². The highest BCUT2D eigenvalue weighted by Crippen LogP contribution is 2.17. The van der Waals surface area contributed by atoms with E-state index in [1.54, 1.807) is 31.9 Å². The molecule has 2 amide bonds. The fourth-order valence-corrected chi connectivity index (χ4v) is 3.54. The van der Waals surface area contributed by atoms with Gasteiger partial charge in [0.2, 0.25) is 5.91 Å². The normalized spacial score (nSPS) is 15.4. The molecule has 166 valence electrons. The van der Waals surface area contributed by atoms with Crippen LogP contribution in [0.5, 0.6) is 0 Å². The topological polar surface area (TPSA) is 74.8 Å². The van der Waals surface area contributed by atoms with E-state index in [1.807, 2.05) is 42.5 Å². The number of pyridine rings is 1. The molecule has 1 aromatic carbocycles. The minimum absolute atomic E-state index is 0.113. The maximum absolute atomic E-state index is 13.3. The van der Waals surface area contributed by atoms with Crippen molar-refractivity contribution in [2.24, 2.45) is 0 Å². The third-order valence-corrected chi connectivity index (χ3v) is 5.12. The van der Waals surface area contributed by atoms with Crippen LogP contribution < -0.4 is 10.2 Å². The van der Waals surface area contributed by atoms with Crippen LogP contribution in [-0.2, 0) is 16.0 Å². The number of aromatic nitrogens is 1. The molecule has 0 radical (unpaired) electrons. The van der Waals surface area contributed by atoms with Crippen molar-refractivity contribution >= 4 is 29.4 Å². The van der Waals surface area contributed by atoms with Gasteiger partial charge in [-0.15, -0.1) is 0 Å². The molecule has 1 fully saturated rings. The third-order valence-electron chi connectivity index (χ3n) is 4.90. The predicted octanol–water partition coefficient (Wildman–Crippen LogP) is 3.52. The van der Waals surface area contributed by atoms with E-state index in [1.165, 1.54) is 0 Å². The second-order valence-corrected chi connectivity index (χ2v) is 8.97. The molecule has 7 nitrogen and oxygen atoms in total. The average molecular weight is 445 g/mol. The van der Waals surface area contributed by atoms with E-state index in [2.05, 4.69) is 15.2 Å². The summed E-state index contributed by atoms with van der Waals surface area (Å²) in [4.78, 5) is 33.9. The van der Waals surface area contributed by atoms with Crippen LogP contribution in [0.4, 0.5) is 10.6 Å². The fourth-order valence-electron chi connectivity index (χ4n) is 3.43. The van der Waals surface area contributed by atoms with E-state index in [0.717, 1.165) is 11.4 Å². The fraction of sp³-hybridized carbons (Fsp3) is 0.435. The largest absolute Gasteiger partial charge is 0.444 e. The lowest BCUT2D eigenvalue weighted by molar-refractivity contribution is -0.133. The molecule has 1 unspecified atom stereocenters. The summed E-state index contributed by atoms with van der Waals surface area (Å²) < 4.78 is 5.38. The number of rotatable bonds is 5. The number of halogens is 1. The zero-order valence-electron chi connectivity index (χ0n) is 18.2. The molecule has 1 aliphatic rings. The van der Waals surface area contributed by atoms with Gasteiger partial charge in [0.05, 0.1) is 5.02 Å². The van der Waals surface area contributed by atoms with E-state index in [4.69, 9.17) is 16.3 Å². The molecule has 2 heterocycles. The number of amides is 2. The van der Waals surface area contributed by atoms with E-state index >= 15 is 0 Å². The molecular formula is C23H29ClN4O3. The number of carbonyl (C=O) groups excluding carboxylic acids is 2. The summed E-state index contributed by atoms with van der Waals surface area (Å²) in [7, 11) is 0. The van der Waals surface area contributed by atoms with Crippen LogP contribution in [0, 0.1) is 0 Å². The molecule has 1 aliphatic heterocycles. The van der Waals surface area contributed by atoms with Gasteiger partial charge in [-0.05, 0) is 38.5 Å². The molecule has 1 aromatic heterocycles. The number of ether oxygens (including phenoxy) is 1. The highest BCUT2D eigenvalue weighted by atomic mass is 35.5. The van der Waals surface area contributed by atoms with E-state index in [-0.39, 0.29) is 5.91 Å². The van der Waals surface area contributed by atoms with Crippen molar-refractivity contribution in [2.45, 2.75) is 38.8 Å². The van der Waals surface area contributed by atoms with Crippen LogP contribution in [0.1, 0.15) is 26.3 Å². The van der Waals surface area contributed by atoms with E-state index in [9.17, 15) is 9.59 Å². The van der Waals surface area contributed by atoms with Crippen LogP contribution in [0.25, 0.3) is 0 Å². The molecule has 2 aromatic rings. The Morgan fingerprint density at radius 2 is 1.77 bits per heavy atom. The third kappa shape index (κ3) is 6.85. The summed E-state index contributed by atoms with van der Waals surface area (Å²) in [5.41, 5.74) is 0.336. The number of alkyl carbamates (subject to hydrolysis) is 1. The molecule has 31 heavy (non-hydrogen) atoms. The lowest BCUT2D eigenvalue weighted by Crippen LogP contribution is -2.56. The van der Waals surface area contributed by atoms with E-state index in [0.29, 0.717) is 37.6 Å². The van der Waals surface area contributed by atoms with Crippen molar-refractivity contribution in [1.29, 1.82) is 0 Å². The first-order chi connectivity index (χ1) is 14.7. The smallest absolute Gasteiger partial charge is 0.408 e. The highest BCUT2D eigenvalue weighted by molar-refractivity contribution is 6.30. The van der Waals surface area contributed by atoms with Crippen molar-refractivity contribution in [2.75, 3.05) is 31.1 Å². The summed E-state index contributed by atoms with van der Waals surface area (Å²) in [6.45, 7) is 7.80. The lowest BCUT2D eigenvalue weighted by atomic mass is 10.0. The molecule has 0 bridgehead atoms. The summed E-state index contributed by atoms with van der Waals surface area (Å²) >= 11 is 5.92. The summed E-state index contributed by atoms with van der Waals surface area (Å²) in [5, 5.41) is 3.37. The molecule has 3 rings (SSSR count). The SMILES string of the molecule is CC(C)(C)OC(=O)NC(Cc1ccccc1)C(=O)N1CCN(c2ccc(Cl)cn2)CC1. The first-order valence-corrected chi connectivity index (χ1v) is 10.8. The first-order valence-electron chi connectivity index (χ1n) is 10.4. The zero-order valence-corrected chi connectivity index (χ0v) is 18.9. The van der Waals surface area contributed by atoms with Crippen molar-refractivity contribution in [3.8, 4) is 0 Å². The maximum Gasteiger partial charge on any atom is 0.408 e. The molecule has 0 saturated carbocycles. The Kier molecular flexibility index (Phi) is 7.38. The van der Waals surface area contributed by atoms with Gasteiger partial charge in [0, 0.05) is 38.8 Å². The predicted molar refractivity (Wildman–Crippen MR) is 121 cm³/mol. The van der Waals surface area contributed by atoms with Crippen molar-refractivity contribution in [1.82, 2.24) is 15.2 Å². The number of nitrogens with one attached hydrogen (secondary N) is 1. The number of anilines is 1. The number of carbonyl (C=O) groups is 2. The van der Waals surface area contributed by atoms with E-state index < -0.39 is 17.7 Å². The Balaban J connectivity index is 1.66. The summed E-state index contributed by atoms with van der Waals surface area (Å²) in [6.07, 6.45) is 1.43. The van der Waals surface area contributed by atoms with Crippen LogP contribution in [-0.4, -0.2) is 59.7 Å². The van der Waals surface area contributed by atoms with Crippen LogP contribution in [0.3, 0.4) is 0 Å². The number of benzene rings is 1. The quantitative estimate of drug-likeness (QED) is 0.763. The van der Waals surface area contributed by atoms with Gasteiger partial charge in [0.25, 0.3) is 0 Å². The van der Waals surface area contributed by atoms with Gasteiger partial charge >= 0.3 is 6.09 Å². The number of piperazine rings is 1. The second kappa shape index (κ2) is 10.0. The monoisotopic (exact) mass is 444 g/mol. The highest BCUT2D eigenvalue weighted by Gasteiger charge is 2.30. The zero-order chi connectivity index (χ0) is 22.4. The number of hydrogen-bond donors (Lipinski definition) is 1. The Morgan fingerprint density at radius 3 is 2.35 bits per heavy atom. The molecule has 8 heteroatoms. The minimum Gasteiger partial charge on any atom is -0.444 e. The Hall–Kier alpha value is -2.80. The Morgan fingerprint density at radius 1 is 1.10 bits per heavy atom. The molecule has 0 aliphatic carbocycles. The molecule has 0 spiro atoms. The maximum atomic E-state index is 13.3. The number of nitrogens with zero attached hydrogens (tertiary/aromatic N) is 3. The van der Waals surface area contributed by atoms with Gasteiger partial charge in [0.15, 0.2) is 0 Å². The first kappa shape index (κ1) is 22.9. The van der Waals surface area contributed by atoms with Crippen LogP contribution >= 0.6 is 11.6 Å². The van der Waals surface area contributed by atoms with Crippen LogP contribution in [0.15, 0.2) is 48.7 Å². The van der Waals surface area contributed by atoms with Gasteiger partial charge in [0.1, 0.15) is 17.5 Å². The molecule has 1 N–H and O–H groups in total. The van der Waals surface area contributed by atoms with Gasteiger partial charge < -0.3 is 19.9 Å². The van der Waals surface area contributed by atoms with Crippen molar-refractivity contribution in [3.05, 3.63) is 59.2 Å². The van der Waals surface area contributed by atoms with Crippen molar-refractivity contribution in [3.63, 3.8) is 0 Å². The van der Waals surface area contributed by atoms with Gasteiger partial charge in [-0.3, -0.25) is 4.79 Å². The molecular weight excluding hydrogens is 416 g/mol. The Labute approximate surface area is 188 Å². The van der Waals surface area contributed by atoms with Crippen molar-refractivity contribution < 1.29 is 14.3 Å². The molecule has 1 atom stereocenters. The standard InChI is InChI=1S/C23H29ClN4O3/c1-23(2,3)31-22(30)26-19(15-17-7-5-4-6-8-17)21(29)28-13-11-27(12-14-28)20-10-9-18(24)16-25-20/h4-10,16,19H,11-15H2,1-3H3,(H,26,30). The van der Waals surface area contributed by atoms with Gasteiger partial charge in [-0.1, -0.05) is 41.9 Å². The second-order valence-electron chi connectivity index (χ2n) is 8.54. The minimum atomic E-state index is -0.697. The molecule has 1 saturated heterocycles. The summed E-state index contributed by atoms with van der Waals surface area (Å²) in [5.74, 6) is 0.725. The number of hydrogen-bond acceptors (Lipinski definition) is 5. The average Bonchev–Trinajstić information content (AvgIpc) is 2.73.